The summed E-state index contributed by atoms with van der Waals surface area (Å²) in [5.41, 5.74) is 0.127. The molecule has 0 aromatic rings. The maximum absolute atomic E-state index is 11.6. The van der Waals surface area contributed by atoms with E-state index < -0.39 is 0 Å². The number of carbonyl (C=O) groups excluding carboxylic acids is 1. The summed E-state index contributed by atoms with van der Waals surface area (Å²) in [4.78, 5) is 14.0. The highest BCUT2D eigenvalue weighted by molar-refractivity contribution is 5.79. The predicted molar refractivity (Wildman–Crippen MR) is 61.0 cm³/mol. The largest absolute Gasteiger partial charge is 0.379 e. The van der Waals surface area contributed by atoms with Crippen LogP contribution in [0.4, 0.5) is 0 Å². The lowest BCUT2D eigenvalue weighted by atomic mass is 9.89. The minimum Gasteiger partial charge on any atom is -0.379 e. The van der Waals surface area contributed by atoms with Crippen LogP contribution in [0.3, 0.4) is 0 Å². The molecule has 1 aliphatic rings. The quantitative estimate of drug-likeness (QED) is 0.712. The summed E-state index contributed by atoms with van der Waals surface area (Å²) in [6, 6.07) is 0. The molecule has 1 rings (SSSR count). The van der Waals surface area contributed by atoms with Crippen molar-refractivity contribution in [2.75, 3.05) is 32.8 Å². The van der Waals surface area contributed by atoms with Crippen molar-refractivity contribution in [2.45, 2.75) is 33.6 Å². The molecule has 0 amide bonds. The third kappa shape index (κ3) is 5.90. The Hall–Kier alpha value is -0.410. The molecule has 15 heavy (non-hydrogen) atoms. The molecule has 0 saturated carbocycles. The molecule has 0 aromatic heterocycles. The summed E-state index contributed by atoms with van der Waals surface area (Å²) in [5.74, 6) is 0.383. The summed E-state index contributed by atoms with van der Waals surface area (Å²) in [7, 11) is 0. The molecule has 0 atom stereocenters. The van der Waals surface area contributed by atoms with E-state index in [2.05, 4.69) is 25.7 Å². The zero-order valence-corrected chi connectivity index (χ0v) is 10.2. The van der Waals surface area contributed by atoms with Crippen LogP contribution in [0.15, 0.2) is 0 Å². The van der Waals surface area contributed by atoms with Gasteiger partial charge in [0.15, 0.2) is 0 Å². The van der Waals surface area contributed by atoms with Crippen molar-refractivity contribution in [1.29, 1.82) is 0 Å². The summed E-state index contributed by atoms with van der Waals surface area (Å²) in [6.07, 6.45) is 1.38. The van der Waals surface area contributed by atoms with Crippen molar-refractivity contribution < 1.29 is 9.53 Å². The number of carbonyl (C=O) groups is 1. The first-order valence-electron chi connectivity index (χ1n) is 5.79. The molecule has 88 valence electrons. The lowest BCUT2D eigenvalue weighted by molar-refractivity contribution is -0.121. The number of hydrogen-bond acceptors (Lipinski definition) is 3. The number of morpholine rings is 1. The first kappa shape index (κ1) is 12.7. The Balaban J connectivity index is 2.15. The van der Waals surface area contributed by atoms with Crippen LogP contribution in [0.1, 0.15) is 33.6 Å². The molecule has 1 fully saturated rings. The van der Waals surface area contributed by atoms with Gasteiger partial charge in [-0.2, -0.15) is 0 Å². The maximum Gasteiger partial charge on any atom is 0.134 e. The molecule has 1 saturated heterocycles. The Morgan fingerprint density at radius 2 is 1.87 bits per heavy atom. The fourth-order valence-electron chi connectivity index (χ4n) is 1.79. The molecule has 0 aromatic carbocycles. The molecular weight excluding hydrogens is 190 g/mol. The van der Waals surface area contributed by atoms with E-state index in [0.717, 1.165) is 32.8 Å². The first-order valence-corrected chi connectivity index (χ1v) is 5.79. The van der Waals surface area contributed by atoms with E-state index in [1.165, 1.54) is 0 Å². The Labute approximate surface area is 92.8 Å². The van der Waals surface area contributed by atoms with Gasteiger partial charge >= 0.3 is 0 Å². The molecule has 3 nitrogen and oxygen atoms in total. The van der Waals surface area contributed by atoms with E-state index in [9.17, 15) is 4.79 Å². The van der Waals surface area contributed by atoms with E-state index in [4.69, 9.17) is 4.74 Å². The molecule has 1 heterocycles. The van der Waals surface area contributed by atoms with Gasteiger partial charge in [0.05, 0.1) is 13.2 Å². The monoisotopic (exact) mass is 213 g/mol. The number of ether oxygens (including phenoxy) is 1. The van der Waals surface area contributed by atoms with Crippen LogP contribution in [0.5, 0.6) is 0 Å². The highest BCUT2D eigenvalue weighted by Gasteiger charge is 2.17. The highest BCUT2D eigenvalue weighted by Crippen LogP contribution is 2.19. The number of hydrogen-bond donors (Lipinski definition) is 0. The average molecular weight is 213 g/mol. The summed E-state index contributed by atoms with van der Waals surface area (Å²) in [5, 5.41) is 0. The van der Waals surface area contributed by atoms with E-state index in [-0.39, 0.29) is 5.41 Å². The second-order valence-corrected chi connectivity index (χ2v) is 5.48. The van der Waals surface area contributed by atoms with Crippen LogP contribution < -0.4 is 0 Å². The second-order valence-electron chi connectivity index (χ2n) is 5.48. The topological polar surface area (TPSA) is 29.5 Å². The normalized spacial score (nSPS) is 19.1. The average Bonchev–Trinajstić information content (AvgIpc) is 2.14. The minimum absolute atomic E-state index is 0.127. The van der Waals surface area contributed by atoms with Gasteiger partial charge in [0.25, 0.3) is 0 Å². The van der Waals surface area contributed by atoms with E-state index in [1.54, 1.807) is 0 Å². The van der Waals surface area contributed by atoms with Crippen molar-refractivity contribution in [3.8, 4) is 0 Å². The van der Waals surface area contributed by atoms with Crippen LogP contribution in [-0.2, 0) is 9.53 Å². The van der Waals surface area contributed by atoms with E-state index in [1.807, 2.05) is 0 Å². The lowest BCUT2D eigenvalue weighted by Gasteiger charge is -2.26. The highest BCUT2D eigenvalue weighted by atomic mass is 16.5. The maximum atomic E-state index is 11.6. The molecule has 3 heteroatoms. The predicted octanol–water partition coefficient (Wildman–Crippen LogP) is 1.71. The van der Waals surface area contributed by atoms with Gasteiger partial charge in [-0.05, 0) is 5.41 Å². The Morgan fingerprint density at radius 1 is 1.27 bits per heavy atom. The standard InChI is InChI=1S/C12H23NO2/c1-12(2,3)10-11(14)4-5-13-6-8-15-9-7-13/h4-10H2,1-3H3. The van der Waals surface area contributed by atoms with Crippen molar-refractivity contribution in [3.63, 3.8) is 0 Å². The van der Waals surface area contributed by atoms with Gasteiger partial charge in [0.1, 0.15) is 5.78 Å². The lowest BCUT2D eigenvalue weighted by Crippen LogP contribution is -2.37. The van der Waals surface area contributed by atoms with Crippen molar-refractivity contribution in [3.05, 3.63) is 0 Å². The minimum atomic E-state index is 0.127. The molecule has 0 aliphatic carbocycles. The number of ketones is 1. The van der Waals surface area contributed by atoms with Crippen molar-refractivity contribution in [2.24, 2.45) is 5.41 Å². The van der Waals surface area contributed by atoms with Gasteiger partial charge in [-0.3, -0.25) is 9.69 Å². The second kappa shape index (κ2) is 5.61. The Morgan fingerprint density at radius 3 is 2.40 bits per heavy atom. The van der Waals surface area contributed by atoms with Gasteiger partial charge < -0.3 is 4.74 Å². The summed E-state index contributed by atoms with van der Waals surface area (Å²) in [6.45, 7) is 10.8. The van der Waals surface area contributed by atoms with Gasteiger partial charge in [-0.25, -0.2) is 0 Å². The number of Topliss-reactive ketones (excluding diaryl/α,β-unsaturated/α-hetero) is 1. The zero-order valence-electron chi connectivity index (χ0n) is 10.2. The van der Waals surface area contributed by atoms with Crippen LogP contribution in [0, 0.1) is 5.41 Å². The number of rotatable bonds is 4. The van der Waals surface area contributed by atoms with Gasteiger partial charge in [0, 0.05) is 32.5 Å². The fraction of sp³-hybridized carbons (Fsp3) is 0.917. The summed E-state index contributed by atoms with van der Waals surface area (Å²) >= 11 is 0. The molecular formula is C12H23NO2. The third-order valence-electron chi connectivity index (χ3n) is 2.54. The Kier molecular flexibility index (Phi) is 4.74. The van der Waals surface area contributed by atoms with Crippen LogP contribution in [0.2, 0.25) is 0 Å². The van der Waals surface area contributed by atoms with E-state index in [0.29, 0.717) is 18.6 Å². The SMILES string of the molecule is CC(C)(C)CC(=O)CCN1CCOCC1. The number of nitrogens with zero attached hydrogens (tertiary/aromatic N) is 1. The van der Waals surface area contributed by atoms with E-state index >= 15 is 0 Å². The zero-order chi connectivity index (χ0) is 11.3. The van der Waals surface area contributed by atoms with Crippen LogP contribution >= 0.6 is 0 Å². The smallest absolute Gasteiger partial charge is 0.134 e. The van der Waals surface area contributed by atoms with Gasteiger partial charge in [0.2, 0.25) is 0 Å². The van der Waals surface area contributed by atoms with Crippen molar-refractivity contribution in [1.82, 2.24) is 4.90 Å². The molecule has 1 aliphatic heterocycles. The van der Waals surface area contributed by atoms with Gasteiger partial charge in [-0.1, -0.05) is 20.8 Å². The molecule has 0 unspecified atom stereocenters. The third-order valence-corrected chi connectivity index (χ3v) is 2.54. The summed E-state index contributed by atoms with van der Waals surface area (Å²) < 4.78 is 5.26. The van der Waals surface area contributed by atoms with Crippen molar-refractivity contribution >= 4 is 5.78 Å². The van der Waals surface area contributed by atoms with Gasteiger partial charge in [-0.15, -0.1) is 0 Å². The molecule has 0 spiro atoms. The molecule has 0 bridgehead atoms. The van der Waals surface area contributed by atoms with Crippen LogP contribution in [-0.4, -0.2) is 43.5 Å². The first-order chi connectivity index (χ1) is 6.97. The Bertz CT molecular complexity index is 202. The molecule has 0 N–H and O–H groups in total. The molecule has 0 radical (unpaired) electrons. The fourth-order valence-corrected chi connectivity index (χ4v) is 1.79. The van der Waals surface area contributed by atoms with Crippen LogP contribution in [0.25, 0.3) is 0 Å².